The highest BCUT2D eigenvalue weighted by Gasteiger charge is 2.00. The van der Waals surface area contributed by atoms with Crippen molar-refractivity contribution in [2.24, 2.45) is 0 Å². The van der Waals surface area contributed by atoms with Crippen LogP contribution in [0.2, 0.25) is 0 Å². The molecule has 0 bridgehead atoms. The van der Waals surface area contributed by atoms with Gasteiger partial charge in [-0.3, -0.25) is 0 Å². The minimum Gasteiger partial charge on any atom is -0.384 e. The van der Waals surface area contributed by atoms with Crippen LogP contribution < -0.4 is 0 Å². The number of nitrogens with zero attached hydrogens (tertiary/aromatic N) is 2. The Morgan fingerprint density at radius 2 is 1.76 bits per heavy atom. The minimum absolute atomic E-state index is 0.164. The predicted molar refractivity (Wildman–Crippen MR) is 61.4 cm³/mol. The van der Waals surface area contributed by atoms with E-state index in [1.54, 1.807) is 24.3 Å². The van der Waals surface area contributed by atoms with E-state index in [1.165, 1.54) is 0 Å². The molecular formula is C13H9FN2O. The summed E-state index contributed by atoms with van der Waals surface area (Å²) in [6.07, 6.45) is 2.25. The Balaban J connectivity index is 2.26. The van der Waals surface area contributed by atoms with Crippen LogP contribution in [0.1, 0.15) is 5.56 Å². The number of hydrogen-bond donors (Lipinski definition) is 1. The lowest BCUT2D eigenvalue weighted by Crippen LogP contribution is -1.89. The third kappa shape index (κ3) is 2.86. The van der Waals surface area contributed by atoms with Crippen LogP contribution in [0.3, 0.4) is 0 Å². The van der Waals surface area contributed by atoms with Gasteiger partial charge in [0.1, 0.15) is 6.61 Å². The van der Waals surface area contributed by atoms with Crippen molar-refractivity contribution in [1.82, 2.24) is 9.97 Å². The maximum absolute atomic E-state index is 12.6. The zero-order chi connectivity index (χ0) is 12.1. The molecule has 0 saturated carbocycles. The monoisotopic (exact) mass is 228 g/mol. The van der Waals surface area contributed by atoms with Gasteiger partial charge in [-0.2, -0.15) is 0 Å². The molecule has 0 unspecified atom stereocenters. The van der Waals surface area contributed by atoms with Gasteiger partial charge >= 0.3 is 0 Å². The fourth-order valence-corrected chi connectivity index (χ4v) is 1.31. The molecule has 0 aliphatic rings. The zero-order valence-corrected chi connectivity index (χ0v) is 8.89. The molecule has 1 N–H and O–H groups in total. The Bertz CT molecular complexity index is 553. The standard InChI is InChI=1S/C13H9FN2O/c14-12-8-15-13(16-9-12)11-5-3-10(4-6-11)2-1-7-17/h3-6,8-9,17H,7H2. The number of benzene rings is 1. The Morgan fingerprint density at radius 3 is 2.35 bits per heavy atom. The van der Waals surface area contributed by atoms with Crippen molar-refractivity contribution >= 4 is 0 Å². The molecule has 0 atom stereocenters. The fraction of sp³-hybridized carbons (Fsp3) is 0.0769. The van der Waals surface area contributed by atoms with Crippen molar-refractivity contribution in [2.75, 3.05) is 6.61 Å². The Labute approximate surface area is 98.0 Å². The normalized spacial score (nSPS) is 9.53. The van der Waals surface area contributed by atoms with Crippen molar-refractivity contribution in [3.8, 4) is 23.2 Å². The minimum atomic E-state index is -0.459. The topological polar surface area (TPSA) is 46.0 Å². The van der Waals surface area contributed by atoms with Crippen LogP contribution >= 0.6 is 0 Å². The molecule has 84 valence electrons. The van der Waals surface area contributed by atoms with Gasteiger partial charge in [0.05, 0.1) is 12.4 Å². The van der Waals surface area contributed by atoms with Crippen LogP contribution in [0.4, 0.5) is 4.39 Å². The summed E-state index contributed by atoms with van der Waals surface area (Å²) in [7, 11) is 0. The van der Waals surface area contributed by atoms with Gasteiger partial charge in [0, 0.05) is 11.1 Å². The Hall–Kier alpha value is -2.25. The molecule has 0 aliphatic heterocycles. The van der Waals surface area contributed by atoms with E-state index in [4.69, 9.17) is 5.11 Å². The van der Waals surface area contributed by atoms with Crippen LogP contribution in [0.5, 0.6) is 0 Å². The van der Waals surface area contributed by atoms with Crippen molar-refractivity contribution in [3.05, 3.63) is 48.0 Å². The lowest BCUT2D eigenvalue weighted by atomic mass is 10.1. The van der Waals surface area contributed by atoms with Gasteiger partial charge in [0.15, 0.2) is 11.6 Å². The van der Waals surface area contributed by atoms with E-state index in [0.29, 0.717) is 5.82 Å². The Morgan fingerprint density at radius 1 is 1.12 bits per heavy atom. The first-order valence-electron chi connectivity index (χ1n) is 4.97. The summed E-state index contributed by atoms with van der Waals surface area (Å²) in [6, 6.07) is 7.19. The quantitative estimate of drug-likeness (QED) is 0.754. The van der Waals surface area contributed by atoms with E-state index < -0.39 is 5.82 Å². The molecule has 0 spiro atoms. The summed E-state index contributed by atoms with van der Waals surface area (Å²) in [6.45, 7) is -0.164. The molecule has 0 amide bonds. The summed E-state index contributed by atoms with van der Waals surface area (Å²) < 4.78 is 12.6. The number of aliphatic hydroxyl groups excluding tert-OH is 1. The lowest BCUT2D eigenvalue weighted by molar-refractivity contribution is 0.350. The lowest BCUT2D eigenvalue weighted by Gasteiger charge is -1.99. The van der Waals surface area contributed by atoms with E-state index in [9.17, 15) is 4.39 Å². The van der Waals surface area contributed by atoms with Gasteiger partial charge in [0.25, 0.3) is 0 Å². The summed E-state index contributed by atoms with van der Waals surface area (Å²) in [5.74, 6) is 5.34. The molecule has 3 nitrogen and oxygen atoms in total. The van der Waals surface area contributed by atoms with Gasteiger partial charge < -0.3 is 5.11 Å². The molecule has 1 heterocycles. The number of aromatic nitrogens is 2. The SMILES string of the molecule is OCC#Cc1ccc(-c2ncc(F)cn2)cc1. The smallest absolute Gasteiger partial charge is 0.159 e. The number of rotatable bonds is 1. The molecule has 4 heteroatoms. The van der Waals surface area contributed by atoms with Crippen LogP contribution in [0.25, 0.3) is 11.4 Å². The van der Waals surface area contributed by atoms with E-state index in [2.05, 4.69) is 21.8 Å². The molecule has 0 saturated heterocycles. The maximum Gasteiger partial charge on any atom is 0.159 e. The van der Waals surface area contributed by atoms with Gasteiger partial charge in [-0.15, -0.1) is 0 Å². The largest absolute Gasteiger partial charge is 0.384 e. The fourth-order valence-electron chi connectivity index (χ4n) is 1.31. The molecule has 2 rings (SSSR count). The molecule has 0 aliphatic carbocycles. The zero-order valence-electron chi connectivity index (χ0n) is 8.89. The second-order valence-electron chi connectivity index (χ2n) is 3.26. The number of hydrogen-bond acceptors (Lipinski definition) is 3. The average molecular weight is 228 g/mol. The molecular weight excluding hydrogens is 219 g/mol. The molecule has 0 radical (unpaired) electrons. The molecule has 0 fully saturated rings. The van der Waals surface area contributed by atoms with Crippen LogP contribution in [0.15, 0.2) is 36.7 Å². The number of aliphatic hydroxyl groups is 1. The number of halogens is 1. The second-order valence-corrected chi connectivity index (χ2v) is 3.26. The highest BCUT2D eigenvalue weighted by molar-refractivity contribution is 5.56. The maximum atomic E-state index is 12.6. The highest BCUT2D eigenvalue weighted by Crippen LogP contribution is 2.14. The van der Waals surface area contributed by atoms with E-state index >= 15 is 0 Å². The van der Waals surface area contributed by atoms with Crippen molar-refractivity contribution in [1.29, 1.82) is 0 Å². The first-order valence-corrected chi connectivity index (χ1v) is 4.97. The molecule has 17 heavy (non-hydrogen) atoms. The second kappa shape index (κ2) is 5.19. The van der Waals surface area contributed by atoms with Crippen molar-refractivity contribution < 1.29 is 9.50 Å². The molecule has 1 aromatic heterocycles. The Kier molecular flexibility index (Phi) is 3.43. The van der Waals surface area contributed by atoms with Crippen LogP contribution in [-0.2, 0) is 0 Å². The van der Waals surface area contributed by atoms with E-state index in [0.717, 1.165) is 23.5 Å². The van der Waals surface area contributed by atoms with Crippen molar-refractivity contribution in [2.45, 2.75) is 0 Å². The average Bonchev–Trinajstić information content (AvgIpc) is 2.38. The van der Waals surface area contributed by atoms with Gasteiger partial charge in [0.2, 0.25) is 0 Å². The van der Waals surface area contributed by atoms with Gasteiger partial charge in [-0.1, -0.05) is 11.8 Å². The predicted octanol–water partition coefficient (Wildman–Crippen LogP) is 1.63. The first-order chi connectivity index (χ1) is 8.29. The third-order valence-corrected chi connectivity index (χ3v) is 2.08. The van der Waals surface area contributed by atoms with Crippen LogP contribution in [-0.4, -0.2) is 21.7 Å². The van der Waals surface area contributed by atoms with Crippen molar-refractivity contribution in [3.63, 3.8) is 0 Å². The summed E-state index contributed by atoms with van der Waals surface area (Å²) in [5.41, 5.74) is 1.59. The van der Waals surface area contributed by atoms with Gasteiger partial charge in [-0.25, -0.2) is 14.4 Å². The highest BCUT2D eigenvalue weighted by atomic mass is 19.1. The summed E-state index contributed by atoms with van der Waals surface area (Å²) in [4.78, 5) is 7.76. The van der Waals surface area contributed by atoms with Gasteiger partial charge in [-0.05, 0) is 24.3 Å². The molecule has 1 aromatic carbocycles. The first kappa shape index (κ1) is 11.2. The molecule has 2 aromatic rings. The van der Waals surface area contributed by atoms with E-state index in [-0.39, 0.29) is 6.61 Å². The third-order valence-electron chi connectivity index (χ3n) is 2.08. The van der Waals surface area contributed by atoms with E-state index in [1.807, 2.05) is 0 Å². The van der Waals surface area contributed by atoms with Crippen LogP contribution in [0, 0.1) is 17.7 Å². The summed E-state index contributed by atoms with van der Waals surface area (Å²) in [5, 5.41) is 8.56. The summed E-state index contributed by atoms with van der Waals surface area (Å²) >= 11 is 0.